The maximum atomic E-state index is 14.2. The number of rotatable bonds is 6. The second-order valence-corrected chi connectivity index (χ2v) is 9.43. The number of carbonyl (C=O) groups excluding carboxylic acids is 3. The maximum Gasteiger partial charge on any atom is 0.308 e. The molecule has 1 fully saturated rings. The number of aromatic nitrogens is 1. The van der Waals surface area contributed by atoms with Gasteiger partial charge in [0.05, 0.1) is 10.6 Å². The van der Waals surface area contributed by atoms with Crippen molar-refractivity contribution in [3.8, 4) is 5.75 Å². The van der Waals surface area contributed by atoms with Crippen molar-refractivity contribution in [3.05, 3.63) is 62.3 Å². The van der Waals surface area contributed by atoms with Gasteiger partial charge in [-0.15, -0.1) is 0 Å². The molecule has 0 unspecified atom stereocenters. The van der Waals surface area contributed by atoms with Gasteiger partial charge in [-0.3, -0.25) is 19.2 Å². The number of methoxy groups -OCH3 is 1. The zero-order valence-corrected chi connectivity index (χ0v) is 20.3. The second-order valence-electron chi connectivity index (χ2n) is 9.02. The van der Waals surface area contributed by atoms with Gasteiger partial charge < -0.3 is 24.3 Å². The highest BCUT2D eigenvalue weighted by atomic mass is 35.5. The predicted octanol–water partition coefficient (Wildman–Crippen LogP) is 2.33. The van der Waals surface area contributed by atoms with E-state index < -0.39 is 40.3 Å². The van der Waals surface area contributed by atoms with E-state index in [0.29, 0.717) is 26.0 Å². The Morgan fingerprint density at radius 1 is 1.29 bits per heavy atom. The van der Waals surface area contributed by atoms with Gasteiger partial charge in [-0.2, -0.15) is 0 Å². The smallest absolute Gasteiger partial charge is 0.308 e. The van der Waals surface area contributed by atoms with Crippen LogP contribution in [0.2, 0.25) is 5.02 Å². The Kier molecular flexibility index (Phi) is 6.70. The third kappa shape index (κ3) is 4.43. The Morgan fingerprint density at radius 3 is 2.66 bits per heavy atom. The fourth-order valence-corrected chi connectivity index (χ4v) is 5.18. The van der Waals surface area contributed by atoms with Crippen molar-refractivity contribution in [2.24, 2.45) is 5.92 Å². The molecule has 0 radical (unpaired) electrons. The summed E-state index contributed by atoms with van der Waals surface area (Å²) in [5.41, 5.74) is -1.75. The fourth-order valence-electron chi connectivity index (χ4n) is 4.99. The Morgan fingerprint density at radius 2 is 2.00 bits per heavy atom. The van der Waals surface area contributed by atoms with Gasteiger partial charge in [0.1, 0.15) is 11.4 Å². The number of carbonyl (C=O) groups is 3. The number of halogens is 2. The summed E-state index contributed by atoms with van der Waals surface area (Å²) in [4.78, 5) is 52.7. The lowest BCUT2D eigenvalue weighted by Crippen LogP contribution is -2.60. The first-order valence-corrected chi connectivity index (χ1v) is 11.4. The van der Waals surface area contributed by atoms with Crippen molar-refractivity contribution in [3.63, 3.8) is 0 Å². The van der Waals surface area contributed by atoms with E-state index in [1.807, 2.05) is 0 Å². The SMILES string of the molecule is COC[C@H]1C[C@]2(CN(C)C(=O)c3c(OC(C)=O)c(=O)c(C(=O)NCc4cccc(Cl)c4F)cn32)C1. The van der Waals surface area contributed by atoms with E-state index in [4.69, 9.17) is 21.1 Å². The molecular formula is C24H25ClFN3O6. The molecule has 0 bridgehead atoms. The number of ether oxygens (including phenoxy) is 2. The number of amides is 2. The lowest BCUT2D eigenvalue weighted by molar-refractivity contribution is -0.132. The average Bonchev–Trinajstić information content (AvgIpc) is 2.78. The summed E-state index contributed by atoms with van der Waals surface area (Å²) >= 11 is 5.80. The Balaban J connectivity index is 1.77. The highest BCUT2D eigenvalue weighted by Gasteiger charge is 2.52. The molecule has 186 valence electrons. The van der Waals surface area contributed by atoms with Gasteiger partial charge >= 0.3 is 5.97 Å². The first-order chi connectivity index (χ1) is 16.6. The highest BCUT2D eigenvalue weighted by molar-refractivity contribution is 6.30. The molecule has 1 spiro atoms. The van der Waals surface area contributed by atoms with Crippen LogP contribution in [0.5, 0.6) is 5.75 Å². The van der Waals surface area contributed by atoms with Crippen LogP contribution in [0.4, 0.5) is 4.39 Å². The Bertz CT molecular complexity index is 1270. The van der Waals surface area contributed by atoms with E-state index in [1.54, 1.807) is 24.8 Å². The van der Waals surface area contributed by atoms with Crippen molar-refractivity contribution in [1.29, 1.82) is 0 Å². The molecule has 2 aliphatic rings. The molecule has 4 rings (SSSR count). The predicted molar refractivity (Wildman–Crippen MR) is 124 cm³/mol. The van der Waals surface area contributed by atoms with Gasteiger partial charge in [-0.25, -0.2) is 4.39 Å². The molecule has 2 amide bonds. The standard InChI is InChI=1S/C24H25ClFN3O6/c1-13(30)35-21-19-23(33)28(2)12-24(7-14(8-24)11-34-3)29(19)10-16(20(21)31)22(32)27-9-15-5-4-6-17(25)18(15)26/h4-6,10,14H,7-9,11-12H2,1-3H3,(H,27,32)/t14-,24+. The van der Waals surface area contributed by atoms with Crippen LogP contribution in [0.1, 0.15) is 46.2 Å². The second kappa shape index (κ2) is 9.43. The summed E-state index contributed by atoms with van der Waals surface area (Å²) in [6.07, 6.45) is 2.62. The molecule has 1 aliphatic heterocycles. The quantitative estimate of drug-likeness (QED) is 0.604. The third-order valence-corrected chi connectivity index (χ3v) is 6.75. The van der Waals surface area contributed by atoms with Crippen LogP contribution in [0.3, 0.4) is 0 Å². The van der Waals surface area contributed by atoms with Gasteiger partial charge in [0.15, 0.2) is 5.69 Å². The van der Waals surface area contributed by atoms with Gasteiger partial charge in [-0.1, -0.05) is 23.7 Å². The monoisotopic (exact) mass is 505 g/mol. The van der Waals surface area contributed by atoms with E-state index in [0.717, 1.165) is 6.92 Å². The normalized spacial score (nSPS) is 20.9. The van der Waals surface area contributed by atoms with Crippen LogP contribution in [0.15, 0.2) is 29.2 Å². The molecule has 0 atom stereocenters. The summed E-state index contributed by atoms with van der Waals surface area (Å²) in [5, 5.41) is 2.42. The Hall–Kier alpha value is -3.24. The number of nitrogens with one attached hydrogen (secondary N) is 1. The third-order valence-electron chi connectivity index (χ3n) is 6.46. The van der Waals surface area contributed by atoms with Gasteiger partial charge in [0.25, 0.3) is 11.8 Å². The molecule has 2 heterocycles. The minimum absolute atomic E-state index is 0.0766. The lowest BCUT2D eigenvalue weighted by atomic mass is 9.67. The average molecular weight is 506 g/mol. The lowest BCUT2D eigenvalue weighted by Gasteiger charge is -2.54. The maximum absolute atomic E-state index is 14.2. The first-order valence-electron chi connectivity index (χ1n) is 11.0. The number of likely N-dealkylation sites (N-methyl/N-ethyl adjacent to an activating group) is 1. The molecular weight excluding hydrogens is 481 g/mol. The molecule has 9 nitrogen and oxygen atoms in total. The van der Waals surface area contributed by atoms with Crippen molar-refractivity contribution in [1.82, 2.24) is 14.8 Å². The van der Waals surface area contributed by atoms with E-state index in [2.05, 4.69) is 5.32 Å². The number of esters is 1. The van der Waals surface area contributed by atoms with Crippen LogP contribution in [-0.4, -0.2) is 54.6 Å². The highest BCUT2D eigenvalue weighted by Crippen LogP contribution is 2.48. The summed E-state index contributed by atoms with van der Waals surface area (Å²) in [6.45, 7) is 1.77. The summed E-state index contributed by atoms with van der Waals surface area (Å²) in [7, 11) is 3.22. The molecule has 1 saturated carbocycles. The van der Waals surface area contributed by atoms with Crippen LogP contribution >= 0.6 is 11.6 Å². The number of pyridine rings is 1. The minimum Gasteiger partial charge on any atom is -0.420 e. The number of fused-ring (bicyclic) bond motifs is 2. The number of benzene rings is 1. The molecule has 1 aromatic heterocycles. The van der Waals surface area contributed by atoms with Crippen molar-refractivity contribution < 1.29 is 28.2 Å². The van der Waals surface area contributed by atoms with Crippen molar-refractivity contribution in [2.75, 3.05) is 27.3 Å². The van der Waals surface area contributed by atoms with Crippen LogP contribution in [0.25, 0.3) is 0 Å². The topological polar surface area (TPSA) is 107 Å². The van der Waals surface area contributed by atoms with E-state index in [-0.39, 0.29) is 34.3 Å². The van der Waals surface area contributed by atoms with Crippen LogP contribution < -0.4 is 15.5 Å². The number of hydrogen-bond acceptors (Lipinski definition) is 6. The van der Waals surface area contributed by atoms with Gasteiger partial charge in [0, 0.05) is 52.5 Å². The van der Waals surface area contributed by atoms with Crippen LogP contribution in [0, 0.1) is 11.7 Å². The first kappa shape index (κ1) is 24.9. The minimum atomic E-state index is -0.901. The fraction of sp³-hybridized carbons (Fsp3) is 0.417. The van der Waals surface area contributed by atoms with E-state index in [9.17, 15) is 23.6 Å². The molecule has 35 heavy (non-hydrogen) atoms. The largest absolute Gasteiger partial charge is 0.420 e. The Labute approximate surface area is 205 Å². The molecule has 2 aromatic rings. The zero-order valence-electron chi connectivity index (χ0n) is 19.5. The molecule has 1 aromatic carbocycles. The van der Waals surface area contributed by atoms with Crippen molar-refractivity contribution >= 4 is 29.4 Å². The van der Waals surface area contributed by atoms with Gasteiger partial charge in [-0.05, 0) is 24.8 Å². The van der Waals surface area contributed by atoms with E-state index >= 15 is 0 Å². The number of hydrogen-bond donors (Lipinski definition) is 1. The summed E-state index contributed by atoms with van der Waals surface area (Å²) in [5.74, 6) is -3.04. The zero-order chi connectivity index (χ0) is 25.5. The van der Waals surface area contributed by atoms with Crippen LogP contribution in [-0.2, 0) is 21.6 Å². The molecule has 0 saturated heterocycles. The number of nitrogens with zero attached hydrogens (tertiary/aromatic N) is 2. The molecule has 11 heteroatoms. The summed E-state index contributed by atoms with van der Waals surface area (Å²) < 4.78 is 26.3. The summed E-state index contributed by atoms with van der Waals surface area (Å²) in [6, 6.07) is 4.38. The molecule has 1 N–H and O–H groups in total. The van der Waals surface area contributed by atoms with Crippen molar-refractivity contribution in [2.45, 2.75) is 31.8 Å². The van der Waals surface area contributed by atoms with Gasteiger partial charge in [0.2, 0.25) is 11.2 Å². The van der Waals surface area contributed by atoms with E-state index in [1.165, 1.54) is 23.2 Å². The molecule has 1 aliphatic carbocycles.